The van der Waals surface area contributed by atoms with Gasteiger partial charge in [-0.25, -0.2) is 5.43 Å². The third-order valence-corrected chi connectivity index (χ3v) is 4.24. The fourth-order valence-electron chi connectivity index (χ4n) is 2.62. The van der Waals surface area contributed by atoms with Crippen molar-refractivity contribution in [1.82, 2.24) is 10.7 Å². The van der Waals surface area contributed by atoms with Crippen LogP contribution in [0.4, 0.5) is 0 Å². The van der Waals surface area contributed by atoms with E-state index in [0.29, 0.717) is 28.6 Å². The van der Waals surface area contributed by atoms with Crippen LogP contribution >= 0.6 is 11.6 Å². The lowest BCUT2D eigenvalue weighted by atomic mass is 10.1. The standard InChI is InChI=1S/C19H20ClN3O3/c1-11-10-16(13(3)25-11)19-23-22-18(26-19)9-8-17(24)21-12(2)14-4-6-15(20)7-5-14/h4-7,10,12,23H,3,8-9H2,1-2H3,(H,21,24). The number of benzene rings is 1. The minimum absolute atomic E-state index is 0.0794. The van der Waals surface area contributed by atoms with Gasteiger partial charge in [-0.1, -0.05) is 30.3 Å². The van der Waals surface area contributed by atoms with Crippen LogP contribution < -0.4 is 21.4 Å². The van der Waals surface area contributed by atoms with Gasteiger partial charge in [0.2, 0.25) is 17.7 Å². The van der Waals surface area contributed by atoms with Gasteiger partial charge in [0.05, 0.1) is 11.3 Å². The van der Waals surface area contributed by atoms with Gasteiger partial charge in [0.1, 0.15) is 11.2 Å². The van der Waals surface area contributed by atoms with Gasteiger partial charge in [-0.15, -0.1) is 5.10 Å². The van der Waals surface area contributed by atoms with Gasteiger partial charge in [0.15, 0.2) is 0 Å². The van der Waals surface area contributed by atoms with E-state index in [9.17, 15) is 4.79 Å². The van der Waals surface area contributed by atoms with Gasteiger partial charge in [-0.05, 0) is 37.6 Å². The average molecular weight is 374 g/mol. The summed E-state index contributed by atoms with van der Waals surface area (Å²) >= 11 is 5.88. The largest absolute Gasteiger partial charge is 0.462 e. The van der Waals surface area contributed by atoms with Gasteiger partial charge in [0, 0.05) is 17.9 Å². The molecule has 2 aromatic rings. The van der Waals surface area contributed by atoms with Crippen molar-refractivity contribution >= 4 is 35.9 Å². The Balaban J connectivity index is 1.52. The zero-order valence-electron chi connectivity index (χ0n) is 14.6. The van der Waals surface area contributed by atoms with Gasteiger partial charge in [-0.2, -0.15) is 0 Å². The Labute approximate surface area is 156 Å². The third-order valence-electron chi connectivity index (χ3n) is 3.99. The lowest BCUT2D eigenvalue weighted by molar-refractivity contribution is -0.121. The number of rotatable bonds is 5. The molecule has 6 nitrogen and oxygen atoms in total. The van der Waals surface area contributed by atoms with E-state index in [1.807, 2.05) is 32.0 Å². The summed E-state index contributed by atoms with van der Waals surface area (Å²) in [7, 11) is 0. The van der Waals surface area contributed by atoms with Crippen molar-refractivity contribution < 1.29 is 13.9 Å². The molecule has 0 saturated heterocycles. The second-order valence-electron chi connectivity index (χ2n) is 6.08. The number of ether oxygens (including phenoxy) is 1. The molecule has 26 heavy (non-hydrogen) atoms. The summed E-state index contributed by atoms with van der Waals surface area (Å²) < 4.78 is 11.0. The zero-order chi connectivity index (χ0) is 18.7. The highest BCUT2D eigenvalue weighted by molar-refractivity contribution is 6.30. The SMILES string of the molecule is C=c1oc(C)cc1=C1NN=C(CCC(=O)NC(C)c2ccc(Cl)cc2)O1. The molecule has 7 heteroatoms. The first-order valence-corrected chi connectivity index (χ1v) is 8.65. The molecule has 1 unspecified atom stereocenters. The molecule has 0 aliphatic carbocycles. The van der Waals surface area contributed by atoms with Crippen LogP contribution in [-0.2, 0) is 9.53 Å². The topological polar surface area (TPSA) is 75.9 Å². The first kappa shape index (κ1) is 18.1. The Morgan fingerprint density at radius 1 is 1.38 bits per heavy atom. The molecule has 2 N–H and O–H groups in total. The van der Waals surface area contributed by atoms with Crippen LogP contribution in [0.25, 0.3) is 12.5 Å². The Hall–Kier alpha value is -2.73. The van der Waals surface area contributed by atoms with Gasteiger partial charge in [0.25, 0.3) is 0 Å². The maximum atomic E-state index is 12.2. The quantitative estimate of drug-likeness (QED) is 0.843. The summed E-state index contributed by atoms with van der Waals surface area (Å²) in [5.41, 5.74) is 4.31. The number of aryl methyl sites for hydroxylation is 1. The number of hydrazone groups is 1. The molecule has 0 saturated carbocycles. The second-order valence-corrected chi connectivity index (χ2v) is 6.52. The van der Waals surface area contributed by atoms with Crippen LogP contribution in [0.2, 0.25) is 5.02 Å². The summed E-state index contributed by atoms with van der Waals surface area (Å²) in [4.78, 5) is 12.2. The molecule has 0 fully saturated rings. The molecule has 1 aliphatic heterocycles. The van der Waals surface area contributed by atoms with Crippen molar-refractivity contribution in [1.29, 1.82) is 0 Å². The van der Waals surface area contributed by atoms with Gasteiger partial charge < -0.3 is 14.5 Å². The minimum Gasteiger partial charge on any atom is -0.462 e. The maximum Gasteiger partial charge on any atom is 0.226 e. The fraction of sp³-hybridized carbons (Fsp3) is 0.263. The molecule has 0 bridgehead atoms. The monoisotopic (exact) mass is 373 g/mol. The zero-order valence-corrected chi connectivity index (χ0v) is 15.4. The summed E-state index contributed by atoms with van der Waals surface area (Å²) in [5, 5.41) is 8.45. The van der Waals surface area contributed by atoms with Crippen molar-refractivity contribution in [3.05, 3.63) is 57.3 Å². The molecular formula is C19H20ClN3O3. The van der Waals surface area contributed by atoms with Crippen LogP contribution in [0.15, 0.2) is 39.9 Å². The van der Waals surface area contributed by atoms with Crippen molar-refractivity contribution in [3.63, 3.8) is 0 Å². The van der Waals surface area contributed by atoms with Crippen molar-refractivity contribution in [2.24, 2.45) is 5.10 Å². The first-order valence-electron chi connectivity index (χ1n) is 8.27. The highest BCUT2D eigenvalue weighted by Gasteiger charge is 2.17. The maximum absolute atomic E-state index is 12.2. The van der Waals surface area contributed by atoms with Crippen molar-refractivity contribution in [2.45, 2.75) is 32.7 Å². The Kier molecular flexibility index (Phi) is 5.32. The summed E-state index contributed by atoms with van der Waals surface area (Å²) in [5.74, 6) is 1.58. The molecule has 0 radical (unpaired) electrons. The second kappa shape index (κ2) is 7.66. The predicted octanol–water partition coefficient (Wildman–Crippen LogP) is 2.31. The minimum atomic E-state index is -0.103. The number of carbonyl (C=O) groups is 1. The summed E-state index contributed by atoms with van der Waals surface area (Å²) in [6, 6.07) is 9.12. The predicted molar refractivity (Wildman–Crippen MR) is 101 cm³/mol. The highest BCUT2D eigenvalue weighted by atomic mass is 35.5. The molecule has 1 atom stereocenters. The molecule has 136 valence electrons. The Morgan fingerprint density at radius 3 is 2.77 bits per heavy atom. The van der Waals surface area contributed by atoms with E-state index in [2.05, 4.69) is 22.4 Å². The first-order chi connectivity index (χ1) is 12.4. The van der Waals surface area contributed by atoms with Gasteiger partial charge >= 0.3 is 0 Å². The Morgan fingerprint density at radius 2 is 2.12 bits per heavy atom. The normalized spacial score (nSPS) is 16.5. The van der Waals surface area contributed by atoms with Crippen LogP contribution in [0.5, 0.6) is 0 Å². The number of hydrogen-bond acceptors (Lipinski definition) is 5. The fourth-order valence-corrected chi connectivity index (χ4v) is 2.75. The van der Waals surface area contributed by atoms with Crippen LogP contribution in [0, 0.1) is 6.92 Å². The number of hydrogen-bond donors (Lipinski definition) is 2. The van der Waals surface area contributed by atoms with E-state index in [0.717, 1.165) is 16.5 Å². The van der Waals surface area contributed by atoms with E-state index in [-0.39, 0.29) is 18.4 Å². The lowest BCUT2D eigenvalue weighted by Gasteiger charge is -2.14. The van der Waals surface area contributed by atoms with E-state index in [4.69, 9.17) is 20.8 Å². The van der Waals surface area contributed by atoms with Crippen molar-refractivity contribution in [3.8, 4) is 0 Å². The summed E-state index contributed by atoms with van der Waals surface area (Å²) in [6.07, 6.45) is 0.659. The molecule has 3 rings (SSSR count). The van der Waals surface area contributed by atoms with E-state index < -0.39 is 0 Å². The molecule has 0 spiro atoms. The number of furan rings is 1. The smallest absolute Gasteiger partial charge is 0.226 e. The highest BCUT2D eigenvalue weighted by Crippen LogP contribution is 2.16. The Bertz CT molecular complexity index is 947. The molecule has 1 aromatic carbocycles. The number of halogens is 1. The summed E-state index contributed by atoms with van der Waals surface area (Å²) in [6.45, 7) is 7.58. The third kappa shape index (κ3) is 4.26. The lowest BCUT2D eigenvalue weighted by Crippen LogP contribution is -2.27. The molecule has 1 aliphatic rings. The number of carbonyl (C=O) groups excluding carboxylic acids is 1. The number of amides is 1. The van der Waals surface area contributed by atoms with E-state index in [1.165, 1.54) is 0 Å². The molecular weight excluding hydrogens is 354 g/mol. The van der Waals surface area contributed by atoms with Crippen LogP contribution in [-0.4, -0.2) is 11.8 Å². The van der Waals surface area contributed by atoms with E-state index >= 15 is 0 Å². The molecule has 1 aromatic heterocycles. The average Bonchev–Trinajstić information content (AvgIpc) is 3.19. The van der Waals surface area contributed by atoms with E-state index in [1.54, 1.807) is 12.1 Å². The van der Waals surface area contributed by atoms with Crippen LogP contribution in [0.3, 0.4) is 0 Å². The molecule has 2 heterocycles. The van der Waals surface area contributed by atoms with Crippen molar-refractivity contribution in [2.75, 3.05) is 0 Å². The number of nitrogens with zero attached hydrogens (tertiary/aromatic N) is 1. The van der Waals surface area contributed by atoms with Gasteiger partial charge in [-0.3, -0.25) is 4.79 Å². The molecule has 1 amide bonds. The number of nitrogens with one attached hydrogen (secondary N) is 2. The van der Waals surface area contributed by atoms with Crippen LogP contribution in [0.1, 0.15) is 37.1 Å².